The Balaban J connectivity index is 1.29. The molecule has 5 rings (SSSR count). The van der Waals surface area contributed by atoms with Crippen molar-refractivity contribution < 1.29 is 33.8 Å². The van der Waals surface area contributed by atoms with Crippen LogP contribution in [0.2, 0.25) is 0 Å². The van der Waals surface area contributed by atoms with Gasteiger partial charge in [0.1, 0.15) is 18.7 Å². The van der Waals surface area contributed by atoms with Gasteiger partial charge in [-0.15, -0.1) is 0 Å². The number of aliphatic hydroxyl groups is 1. The summed E-state index contributed by atoms with van der Waals surface area (Å²) in [6, 6.07) is 21.2. The van der Waals surface area contributed by atoms with Gasteiger partial charge in [-0.1, -0.05) is 78.9 Å². The third-order valence-corrected chi connectivity index (χ3v) is 8.95. The van der Waals surface area contributed by atoms with Crippen LogP contribution in [0.15, 0.2) is 78.9 Å². The molecule has 3 aromatic rings. The number of ether oxygens (including phenoxy) is 1. The number of carbonyl (C=O) groups excluding carboxylic acids is 5. The second-order valence-corrected chi connectivity index (χ2v) is 13.9. The van der Waals surface area contributed by atoms with Crippen LogP contribution in [-0.4, -0.2) is 82.6 Å². The highest BCUT2D eigenvalue weighted by molar-refractivity contribution is 5.93. The zero-order valence-corrected chi connectivity index (χ0v) is 28.6. The molecule has 0 spiro atoms. The summed E-state index contributed by atoms with van der Waals surface area (Å²) in [4.78, 5) is 66.9. The second-order valence-electron chi connectivity index (χ2n) is 13.9. The van der Waals surface area contributed by atoms with Crippen molar-refractivity contribution in [2.24, 2.45) is 5.73 Å². The number of alkyl carbamates (subject to hydrolysis) is 1. The largest absolute Gasteiger partial charge is 0.449 e. The van der Waals surface area contributed by atoms with Crippen molar-refractivity contribution in [3.63, 3.8) is 0 Å². The third-order valence-electron chi connectivity index (χ3n) is 8.95. The molecule has 1 aliphatic carbocycles. The molecule has 2 aliphatic rings. The van der Waals surface area contributed by atoms with Gasteiger partial charge < -0.3 is 36.4 Å². The lowest BCUT2D eigenvalue weighted by Crippen LogP contribution is -2.59. The summed E-state index contributed by atoms with van der Waals surface area (Å²) >= 11 is 0. The Morgan fingerprint density at radius 1 is 0.900 bits per heavy atom. The minimum absolute atomic E-state index is 0.0194. The number of benzene rings is 3. The molecule has 264 valence electrons. The van der Waals surface area contributed by atoms with E-state index in [1.54, 1.807) is 24.3 Å². The van der Waals surface area contributed by atoms with Crippen LogP contribution in [0.3, 0.4) is 0 Å². The van der Waals surface area contributed by atoms with Gasteiger partial charge in [0.2, 0.25) is 17.7 Å². The normalized spacial score (nSPS) is 17.1. The van der Waals surface area contributed by atoms with Crippen molar-refractivity contribution in [1.82, 2.24) is 20.9 Å². The fourth-order valence-electron chi connectivity index (χ4n) is 6.68. The summed E-state index contributed by atoms with van der Waals surface area (Å²) in [7, 11) is 0. The maximum absolute atomic E-state index is 13.7. The van der Waals surface area contributed by atoms with Gasteiger partial charge in [0.05, 0.1) is 12.5 Å². The van der Waals surface area contributed by atoms with Crippen LogP contribution in [0.1, 0.15) is 62.6 Å². The molecule has 3 aromatic carbocycles. The maximum Gasteiger partial charge on any atom is 0.407 e. The number of aliphatic hydroxyl groups excluding tert-OH is 1. The van der Waals surface area contributed by atoms with E-state index in [1.165, 1.54) is 4.90 Å². The Labute approximate surface area is 291 Å². The van der Waals surface area contributed by atoms with Crippen molar-refractivity contribution in [2.75, 3.05) is 13.2 Å². The molecular formula is C38H45N5O7. The number of nitrogens with one attached hydrogen (secondary N) is 3. The second kappa shape index (κ2) is 15.5. The van der Waals surface area contributed by atoms with Gasteiger partial charge in [0.15, 0.2) is 6.10 Å². The fourth-order valence-corrected chi connectivity index (χ4v) is 6.68. The van der Waals surface area contributed by atoms with Crippen LogP contribution in [0.5, 0.6) is 0 Å². The van der Waals surface area contributed by atoms with Crippen LogP contribution in [0.25, 0.3) is 11.1 Å². The van der Waals surface area contributed by atoms with Crippen LogP contribution in [0, 0.1) is 0 Å². The van der Waals surface area contributed by atoms with E-state index in [0.717, 1.165) is 22.3 Å². The highest BCUT2D eigenvalue weighted by atomic mass is 16.5. The van der Waals surface area contributed by atoms with Gasteiger partial charge in [0.25, 0.3) is 5.91 Å². The summed E-state index contributed by atoms with van der Waals surface area (Å²) in [5.74, 6) is -2.96. The van der Waals surface area contributed by atoms with Crippen molar-refractivity contribution in [2.45, 2.75) is 82.1 Å². The van der Waals surface area contributed by atoms with Crippen LogP contribution in [0.4, 0.5) is 4.79 Å². The van der Waals surface area contributed by atoms with Gasteiger partial charge >= 0.3 is 6.09 Å². The highest BCUT2D eigenvalue weighted by Crippen LogP contribution is 2.44. The topological polar surface area (TPSA) is 180 Å². The number of amides is 5. The van der Waals surface area contributed by atoms with Gasteiger partial charge in [-0.2, -0.15) is 0 Å². The summed E-state index contributed by atoms with van der Waals surface area (Å²) < 4.78 is 5.59. The lowest BCUT2D eigenvalue weighted by Gasteiger charge is -2.32. The number of nitrogens with zero attached hydrogens (tertiary/aromatic N) is 1. The van der Waals surface area contributed by atoms with Gasteiger partial charge in [0, 0.05) is 18.0 Å². The number of primary amides is 1. The smallest absolute Gasteiger partial charge is 0.407 e. The quantitative estimate of drug-likeness (QED) is 0.195. The van der Waals surface area contributed by atoms with E-state index in [-0.39, 0.29) is 31.4 Å². The standard InChI is InChI=1S/C38H45N5O7/c1-38(2,3)42-35(47)31-18-11-19-43(31)36(48)33(45)29(20-23-12-5-4-6-13-23)40-34(46)30(21-32(39)44)41-37(49)50-22-28-26-16-9-7-14-24(26)25-15-8-10-17-27(25)28/h4-10,12-17,28-31,33,45H,11,18-22H2,1-3H3,(H2,39,44)(H,40,46)(H,41,49)(H,42,47)/t29-,30-,31-,33-/m0/s1. The highest BCUT2D eigenvalue weighted by Gasteiger charge is 2.41. The lowest BCUT2D eigenvalue weighted by molar-refractivity contribution is -0.147. The van der Waals surface area contributed by atoms with Crippen molar-refractivity contribution in [3.8, 4) is 11.1 Å². The summed E-state index contributed by atoms with van der Waals surface area (Å²) in [5.41, 5.74) is 9.77. The summed E-state index contributed by atoms with van der Waals surface area (Å²) in [5, 5.41) is 19.5. The minimum atomic E-state index is -1.74. The van der Waals surface area contributed by atoms with Crippen molar-refractivity contribution in [1.29, 1.82) is 0 Å². The minimum Gasteiger partial charge on any atom is -0.449 e. The zero-order chi connectivity index (χ0) is 36.0. The van der Waals surface area contributed by atoms with Crippen LogP contribution >= 0.6 is 0 Å². The van der Waals surface area contributed by atoms with Gasteiger partial charge in [-0.05, 0) is 67.9 Å². The molecule has 0 aromatic heterocycles. The van der Waals surface area contributed by atoms with E-state index in [4.69, 9.17) is 10.5 Å². The average molecular weight is 684 g/mol. The molecule has 1 heterocycles. The number of nitrogens with two attached hydrogens (primary N) is 1. The number of hydrogen-bond acceptors (Lipinski definition) is 7. The Morgan fingerprint density at radius 3 is 2.10 bits per heavy atom. The number of fused-ring (bicyclic) bond motifs is 3. The first-order chi connectivity index (χ1) is 23.8. The Hall–Kier alpha value is -5.23. The van der Waals surface area contributed by atoms with E-state index >= 15 is 0 Å². The van der Waals surface area contributed by atoms with Crippen LogP contribution < -0.4 is 21.7 Å². The van der Waals surface area contributed by atoms with E-state index in [2.05, 4.69) is 16.0 Å². The summed E-state index contributed by atoms with van der Waals surface area (Å²) in [6.45, 7) is 5.76. The molecule has 0 unspecified atom stereocenters. The average Bonchev–Trinajstić information content (AvgIpc) is 3.69. The number of rotatable bonds is 12. The molecule has 1 saturated heterocycles. The Kier molecular flexibility index (Phi) is 11.2. The Bertz CT molecular complexity index is 1680. The molecule has 1 aliphatic heterocycles. The molecule has 0 saturated carbocycles. The zero-order valence-electron chi connectivity index (χ0n) is 28.6. The molecule has 12 heteroatoms. The molecular weight excluding hydrogens is 638 g/mol. The predicted molar refractivity (Wildman–Crippen MR) is 187 cm³/mol. The molecule has 12 nitrogen and oxygen atoms in total. The first-order valence-electron chi connectivity index (χ1n) is 16.9. The van der Waals surface area contributed by atoms with Crippen molar-refractivity contribution >= 4 is 29.7 Å². The number of carbonyl (C=O) groups is 5. The van der Waals surface area contributed by atoms with E-state index in [0.29, 0.717) is 18.4 Å². The molecule has 1 fully saturated rings. The molecule has 50 heavy (non-hydrogen) atoms. The molecule has 4 atom stereocenters. The Morgan fingerprint density at radius 2 is 1.50 bits per heavy atom. The number of hydrogen-bond donors (Lipinski definition) is 5. The summed E-state index contributed by atoms with van der Waals surface area (Å²) in [6.07, 6.45) is -2.19. The van der Waals surface area contributed by atoms with E-state index < -0.39 is 60.0 Å². The SMILES string of the molecule is CC(C)(C)NC(=O)[C@@H]1CCCN1C(=O)[C@@H](O)[C@H](Cc1ccccc1)NC(=O)[C@H](CC(N)=O)NC(=O)OCC1c2ccccc2-c2ccccc21. The molecule has 0 radical (unpaired) electrons. The third kappa shape index (κ3) is 8.67. The van der Waals surface area contributed by atoms with E-state index in [1.807, 2.05) is 75.4 Å². The molecule has 5 amide bonds. The van der Waals surface area contributed by atoms with Crippen LogP contribution in [-0.2, 0) is 30.3 Å². The monoisotopic (exact) mass is 683 g/mol. The fraction of sp³-hybridized carbons (Fsp3) is 0.395. The van der Waals surface area contributed by atoms with Crippen molar-refractivity contribution in [3.05, 3.63) is 95.6 Å². The number of likely N-dealkylation sites (tertiary alicyclic amines) is 1. The predicted octanol–water partition coefficient (Wildman–Crippen LogP) is 2.76. The molecule has 6 N–H and O–H groups in total. The first-order valence-corrected chi connectivity index (χ1v) is 16.9. The lowest BCUT2D eigenvalue weighted by atomic mass is 9.98. The first kappa shape index (κ1) is 36.1. The molecule has 0 bridgehead atoms. The van der Waals surface area contributed by atoms with Gasteiger partial charge in [-0.25, -0.2) is 4.79 Å². The van der Waals surface area contributed by atoms with E-state index in [9.17, 15) is 29.1 Å². The van der Waals surface area contributed by atoms with Gasteiger partial charge in [-0.3, -0.25) is 19.2 Å². The maximum atomic E-state index is 13.7.